The first-order valence-electron chi connectivity index (χ1n) is 8.14. The van der Waals surface area contributed by atoms with Crippen LogP contribution >= 0.6 is 0 Å². The normalized spacial score (nSPS) is 19.8. The largest absolute Gasteiger partial charge is 0.348 e. The lowest BCUT2D eigenvalue weighted by Gasteiger charge is -2.27. The molecule has 1 aromatic rings. The number of amides is 1. The van der Waals surface area contributed by atoms with Gasteiger partial charge in [-0.1, -0.05) is 12.8 Å². The number of hydrogen-bond acceptors (Lipinski definition) is 4. The predicted molar refractivity (Wildman–Crippen MR) is 82.6 cm³/mol. The van der Waals surface area contributed by atoms with Crippen LogP contribution in [0.5, 0.6) is 0 Å². The van der Waals surface area contributed by atoms with Crippen LogP contribution in [-0.2, 0) is 0 Å². The first-order chi connectivity index (χ1) is 10.2. The lowest BCUT2D eigenvalue weighted by molar-refractivity contribution is 0.0932. The number of piperidine rings is 1. The van der Waals surface area contributed by atoms with Crippen LogP contribution in [0.2, 0.25) is 0 Å². The summed E-state index contributed by atoms with van der Waals surface area (Å²) in [4.78, 5) is 23.6. The number of rotatable bonds is 3. The van der Waals surface area contributed by atoms with E-state index < -0.39 is 0 Å². The summed E-state index contributed by atoms with van der Waals surface area (Å²) >= 11 is 0. The Morgan fingerprint density at radius 2 is 1.86 bits per heavy atom. The van der Waals surface area contributed by atoms with Gasteiger partial charge >= 0.3 is 0 Å². The molecule has 0 radical (unpaired) electrons. The third kappa shape index (κ3) is 3.52. The third-order valence-corrected chi connectivity index (χ3v) is 4.40. The fourth-order valence-corrected chi connectivity index (χ4v) is 3.23. The van der Waals surface area contributed by atoms with E-state index in [1.807, 2.05) is 6.92 Å². The average Bonchev–Trinajstić information content (AvgIpc) is 3.00. The van der Waals surface area contributed by atoms with Gasteiger partial charge in [0.15, 0.2) is 0 Å². The van der Waals surface area contributed by atoms with E-state index in [1.165, 1.54) is 32.1 Å². The van der Waals surface area contributed by atoms with Crippen LogP contribution < -0.4 is 10.2 Å². The van der Waals surface area contributed by atoms with Gasteiger partial charge < -0.3 is 10.2 Å². The second-order valence-corrected chi connectivity index (χ2v) is 6.20. The number of aromatic nitrogens is 2. The molecule has 2 heterocycles. The molecular weight excluding hydrogens is 264 g/mol. The smallest absolute Gasteiger partial charge is 0.270 e. The maximum absolute atomic E-state index is 12.4. The number of carbonyl (C=O) groups is 1. The summed E-state index contributed by atoms with van der Waals surface area (Å²) in [6.45, 7) is 3.92. The van der Waals surface area contributed by atoms with Crippen LogP contribution in [0.15, 0.2) is 6.07 Å². The number of aryl methyl sites for hydroxylation is 1. The number of nitrogens with one attached hydrogen (secondary N) is 1. The molecule has 2 fully saturated rings. The quantitative estimate of drug-likeness (QED) is 0.928. The van der Waals surface area contributed by atoms with Crippen molar-refractivity contribution in [3.05, 3.63) is 17.5 Å². The molecule has 1 aliphatic carbocycles. The van der Waals surface area contributed by atoms with Gasteiger partial charge in [-0.2, -0.15) is 0 Å². The van der Waals surface area contributed by atoms with Gasteiger partial charge in [0, 0.05) is 24.8 Å². The highest BCUT2D eigenvalue weighted by Crippen LogP contribution is 2.19. The highest BCUT2D eigenvalue weighted by molar-refractivity contribution is 5.92. The van der Waals surface area contributed by atoms with Crippen molar-refractivity contribution in [1.82, 2.24) is 15.3 Å². The maximum atomic E-state index is 12.4. The molecular formula is C16H24N4O. The summed E-state index contributed by atoms with van der Waals surface area (Å²) in [7, 11) is 0. The van der Waals surface area contributed by atoms with Crippen molar-refractivity contribution in [3.8, 4) is 0 Å². The highest BCUT2D eigenvalue weighted by atomic mass is 16.1. The molecule has 0 unspecified atom stereocenters. The van der Waals surface area contributed by atoms with E-state index in [9.17, 15) is 4.79 Å². The predicted octanol–water partition coefficient (Wildman–Crippen LogP) is 2.45. The summed E-state index contributed by atoms with van der Waals surface area (Å²) in [5, 5.41) is 3.10. The molecule has 0 bridgehead atoms. The molecule has 0 aromatic carbocycles. The van der Waals surface area contributed by atoms with Crippen LogP contribution in [-0.4, -0.2) is 35.0 Å². The van der Waals surface area contributed by atoms with Gasteiger partial charge in [0.05, 0.1) is 0 Å². The van der Waals surface area contributed by atoms with Gasteiger partial charge in [-0.05, 0) is 45.1 Å². The standard InChI is InChI=1S/C16H24N4O/c1-12-11-14(15(21)18-13-7-3-4-8-13)19-16(17-12)20-9-5-2-6-10-20/h11,13H,2-10H2,1H3,(H,18,21). The molecule has 0 atom stereocenters. The fourth-order valence-electron chi connectivity index (χ4n) is 3.23. The number of anilines is 1. The Labute approximate surface area is 126 Å². The summed E-state index contributed by atoms with van der Waals surface area (Å²) in [6.07, 6.45) is 8.25. The van der Waals surface area contributed by atoms with Gasteiger partial charge in [0.1, 0.15) is 5.69 Å². The van der Waals surface area contributed by atoms with E-state index in [4.69, 9.17) is 0 Å². The zero-order valence-corrected chi connectivity index (χ0v) is 12.8. The minimum Gasteiger partial charge on any atom is -0.348 e. The number of hydrogen-bond donors (Lipinski definition) is 1. The minimum absolute atomic E-state index is 0.0503. The summed E-state index contributed by atoms with van der Waals surface area (Å²) < 4.78 is 0. The SMILES string of the molecule is Cc1cc(C(=O)NC2CCCC2)nc(N2CCCCC2)n1. The second-order valence-electron chi connectivity index (χ2n) is 6.20. The van der Waals surface area contributed by atoms with E-state index in [1.54, 1.807) is 6.07 Å². The van der Waals surface area contributed by atoms with Crippen molar-refractivity contribution in [2.24, 2.45) is 0 Å². The van der Waals surface area contributed by atoms with Gasteiger partial charge in [-0.15, -0.1) is 0 Å². The van der Waals surface area contributed by atoms with Crippen LogP contribution in [0.1, 0.15) is 61.1 Å². The first-order valence-corrected chi connectivity index (χ1v) is 8.14. The molecule has 1 amide bonds. The molecule has 1 aromatic heterocycles. The molecule has 1 saturated heterocycles. The topological polar surface area (TPSA) is 58.1 Å². The lowest BCUT2D eigenvalue weighted by atomic mass is 10.1. The van der Waals surface area contributed by atoms with Gasteiger partial charge in [0.25, 0.3) is 5.91 Å². The Balaban J connectivity index is 1.74. The Morgan fingerprint density at radius 1 is 1.14 bits per heavy atom. The van der Waals surface area contributed by atoms with Crippen LogP contribution in [0, 0.1) is 6.92 Å². The van der Waals surface area contributed by atoms with Crippen LogP contribution in [0.3, 0.4) is 0 Å². The van der Waals surface area contributed by atoms with Gasteiger partial charge in [-0.3, -0.25) is 4.79 Å². The Hall–Kier alpha value is -1.65. The van der Waals surface area contributed by atoms with Crippen LogP contribution in [0.4, 0.5) is 5.95 Å². The molecule has 1 N–H and O–H groups in total. The first kappa shape index (κ1) is 14.3. The highest BCUT2D eigenvalue weighted by Gasteiger charge is 2.21. The second kappa shape index (κ2) is 6.41. The van der Waals surface area contributed by atoms with E-state index >= 15 is 0 Å². The molecule has 5 nitrogen and oxygen atoms in total. The average molecular weight is 288 g/mol. The van der Waals surface area contributed by atoms with E-state index in [2.05, 4.69) is 20.2 Å². The van der Waals surface area contributed by atoms with Crippen molar-refractivity contribution in [1.29, 1.82) is 0 Å². The Morgan fingerprint density at radius 3 is 2.57 bits per heavy atom. The summed E-state index contributed by atoms with van der Waals surface area (Å²) in [5.74, 6) is 0.664. The van der Waals surface area contributed by atoms with Crippen LogP contribution in [0.25, 0.3) is 0 Å². The van der Waals surface area contributed by atoms with E-state index in [0.29, 0.717) is 17.7 Å². The summed E-state index contributed by atoms with van der Waals surface area (Å²) in [5.41, 5.74) is 1.37. The molecule has 2 aliphatic rings. The maximum Gasteiger partial charge on any atom is 0.270 e. The summed E-state index contributed by atoms with van der Waals surface area (Å²) in [6, 6.07) is 2.11. The van der Waals surface area contributed by atoms with E-state index in [0.717, 1.165) is 31.6 Å². The van der Waals surface area contributed by atoms with Crippen molar-refractivity contribution in [2.75, 3.05) is 18.0 Å². The number of nitrogens with zero attached hydrogens (tertiary/aromatic N) is 3. The molecule has 5 heteroatoms. The molecule has 3 rings (SSSR count). The molecule has 0 spiro atoms. The lowest BCUT2D eigenvalue weighted by Crippen LogP contribution is -2.35. The van der Waals surface area contributed by atoms with E-state index in [-0.39, 0.29) is 5.91 Å². The zero-order chi connectivity index (χ0) is 14.7. The molecule has 114 valence electrons. The van der Waals surface area contributed by atoms with Crippen molar-refractivity contribution >= 4 is 11.9 Å². The van der Waals surface area contributed by atoms with Gasteiger partial charge in [0.2, 0.25) is 5.95 Å². The Kier molecular flexibility index (Phi) is 4.36. The molecule has 21 heavy (non-hydrogen) atoms. The monoisotopic (exact) mass is 288 g/mol. The zero-order valence-electron chi connectivity index (χ0n) is 12.8. The van der Waals surface area contributed by atoms with Gasteiger partial charge in [-0.25, -0.2) is 9.97 Å². The fraction of sp³-hybridized carbons (Fsp3) is 0.688. The van der Waals surface area contributed by atoms with Crippen molar-refractivity contribution in [3.63, 3.8) is 0 Å². The third-order valence-electron chi connectivity index (χ3n) is 4.40. The molecule has 1 saturated carbocycles. The molecule has 1 aliphatic heterocycles. The number of carbonyl (C=O) groups excluding carboxylic acids is 1. The minimum atomic E-state index is -0.0503. The van der Waals surface area contributed by atoms with Crippen molar-refractivity contribution < 1.29 is 4.79 Å². The Bertz CT molecular complexity index is 505. The van der Waals surface area contributed by atoms with Crippen molar-refractivity contribution in [2.45, 2.75) is 57.9 Å².